The average molecular weight is 291 g/mol. The molecule has 0 aliphatic carbocycles. The van der Waals surface area contributed by atoms with Gasteiger partial charge in [0.05, 0.1) is 0 Å². The highest BCUT2D eigenvalue weighted by molar-refractivity contribution is 5.91. The van der Waals surface area contributed by atoms with Crippen LogP contribution in [0.2, 0.25) is 0 Å². The molecule has 0 aromatic heterocycles. The largest absolute Gasteiger partial charge is 0.387 e. The van der Waals surface area contributed by atoms with Crippen LogP contribution >= 0.6 is 0 Å². The van der Waals surface area contributed by atoms with Gasteiger partial charge >= 0.3 is 0 Å². The molecule has 1 aromatic rings. The smallest absolute Gasteiger partial charge is 0.250 e. The molecule has 1 aliphatic heterocycles. The number of amides is 1. The first-order valence-corrected chi connectivity index (χ1v) is 7.71. The molecule has 0 saturated carbocycles. The Kier molecular flexibility index (Phi) is 6.02. The molecule has 0 atom stereocenters. The van der Waals surface area contributed by atoms with Gasteiger partial charge in [-0.15, -0.1) is 0 Å². The maximum atomic E-state index is 11.2. The number of hydrogen-bond acceptors (Lipinski definition) is 4. The van der Waals surface area contributed by atoms with E-state index in [1.807, 2.05) is 24.3 Å². The Balaban J connectivity index is 1.86. The van der Waals surface area contributed by atoms with E-state index in [4.69, 9.17) is 5.11 Å². The first-order valence-electron chi connectivity index (χ1n) is 7.71. The van der Waals surface area contributed by atoms with Gasteiger partial charge in [0.1, 0.15) is 6.61 Å². The van der Waals surface area contributed by atoms with Gasteiger partial charge in [0.2, 0.25) is 5.91 Å². The van der Waals surface area contributed by atoms with Gasteiger partial charge in [-0.3, -0.25) is 4.79 Å². The summed E-state index contributed by atoms with van der Waals surface area (Å²) in [6.45, 7) is 5.21. The lowest BCUT2D eigenvalue weighted by Crippen LogP contribution is -2.39. The van der Waals surface area contributed by atoms with Gasteiger partial charge in [0, 0.05) is 30.5 Å². The quantitative estimate of drug-likeness (QED) is 0.749. The summed E-state index contributed by atoms with van der Waals surface area (Å²) in [7, 11) is 0. The molecule has 0 unspecified atom stereocenters. The van der Waals surface area contributed by atoms with E-state index in [2.05, 4.69) is 22.5 Å². The van der Waals surface area contributed by atoms with Crippen LogP contribution in [0.25, 0.3) is 0 Å². The molecule has 1 saturated heterocycles. The Labute approximate surface area is 126 Å². The fraction of sp³-hybridized carbons (Fsp3) is 0.562. The van der Waals surface area contributed by atoms with Crippen LogP contribution in [0.15, 0.2) is 24.3 Å². The number of rotatable bonds is 6. The number of nitrogens with one attached hydrogen (secondary N) is 2. The molecular formula is C16H25N3O2. The Morgan fingerprint density at radius 1 is 1.33 bits per heavy atom. The zero-order valence-electron chi connectivity index (χ0n) is 12.6. The Morgan fingerprint density at radius 2 is 2.05 bits per heavy atom. The lowest BCUT2D eigenvalue weighted by atomic mass is 10.0. The Hall–Kier alpha value is -1.59. The van der Waals surface area contributed by atoms with Gasteiger partial charge < -0.3 is 20.6 Å². The number of anilines is 2. The maximum Gasteiger partial charge on any atom is 0.250 e. The Bertz CT molecular complexity index is 457. The second-order valence-electron chi connectivity index (χ2n) is 5.55. The zero-order valence-corrected chi connectivity index (χ0v) is 12.6. The maximum absolute atomic E-state index is 11.2. The summed E-state index contributed by atoms with van der Waals surface area (Å²) in [5, 5.41) is 15.0. The summed E-state index contributed by atoms with van der Waals surface area (Å²) < 4.78 is 0. The highest BCUT2D eigenvalue weighted by atomic mass is 16.3. The SMILES string of the molecule is CCCN1CCC(Nc2cccc(NC(=O)CO)c2)CC1. The van der Waals surface area contributed by atoms with Crippen LogP contribution < -0.4 is 10.6 Å². The Morgan fingerprint density at radius 3 is 2.71 bits per heavy atom. The van der Waals surface area contributed by atoms with Gasteiger partial charge in [-0.1, -0.05) is 13.0 Å². The fourth-order valence-corrected chi connectivity index (χ4v) is 2.74. The van der Waals surface area contributed by atoms with Crippen LogP contribution in [-0.2, 0) is 4.79 Å². The summed E-state index contributed by atoms with van der Waals surface area (Å²) in [5.74, 6) is -0.389. The van der Waals surface area contributed by atoms with Crippen molar-refractivity contribution in [2.45, 2.75) is 32.2 Å². The number of likely N-dealkylation sites (tertiary alicyclic amines) is 1. The number of aliphatic hydroxyl groups is 1. The third-order valence-electron chi connectivity index (χ3n) is 3.79. The van der Waals surface area contributed by atoms with Crippen LogP contribution in [0.5, 0.6) is 0 Å². The van der Waals surface area contributed by atoms with Crippen LogP contribution in [0.4, 0.5) is 11.4 Å². The summed E-state index contributed by atoms with van der Waals surface area (Å²) in [5.41, 5.74) is 1.72. The highest BCUT2D eigenvalue weighted by Crippen LogP contribution is 2.20. The van der Waals surface area contributed by atoms with E-state index in [1.54, 1.807) is 0 Å². The van der Waals surface area contributed by atoms with E-state index < -0.39 is 6.61 Å². The molecule has 1 aromatic carbocycles. The first-order chi connectivity index (χ1) is 10.2. The zero-order chi connectivity index (χ0) is 15.1. The number of carbonyl (C=O) groups excluding carboxylic acids is 1. The fourth-order valence-electron chi connectivity index (χ4n) is 2.74. The number of aliphatic hydroxyl groups excluding tert-OH is 1. The van der Waals surface area contributed by atoms with Crippen molar-refractivity contribution in [3.05, 3.63) is 24.3 Å². The van der Waals surface area contributed by atoms with Crippen LogP contribution in [0, 0.1) is 0 Å². The number of benzene rings is 1. The second-order valence-corrected chi connectivity index (χ2v) is 5.55. The first kappa shape index (κ1) is 15.8. The molecule has 1 heterocycles. The predicted molar refractivity (Wildman–Crippen MR) is 85.5 cm³/mol. The summed E-state index contributed by atoms with van der Waals surface area (Å²) in [6, 6.07) is 8.13. The molecule has 1 amide bonds. The topological polar surface area (TPSA) is 64.6 Å². The molecule has 0 spiro atoms. The van der Waals surface area contributed by atoms with Gasteiger partial charge in [0.15, 0.2) is 0 Å². The molecule has 5 nitrogen and oxygen atoms in total. The molecule has 0 bridgehead atoms. The average Bonchev–Trinajstić information content (AvgIpc) is 2.50. The molecule has 21 heavy (non-hydrogen) atoms. The van der Waals surface area contributed by atoms with Gasteiger partial charge in [-0.25, -0.2) is 0 Å². The summed E-state index contributed by atoms with van der Waals surface area (Å²) >= 11 is 0. The van der Waals surface area contributed by atoms with Crippen molar-refractivity contribution in [1.29, 1.82) is 0 Å². The third kappa shape index (κ3) is 5.02. The van der Waals surface area contributed by atoms with Crippen molar-refractivity contribution < 1.29 is 9.90 Å². The summed E-state index contributed by atoms with van der Waals surface area (Å²) in [4.78, 5) is 13.7. The van der Waals surface area contributed by atoms with Crippen LogP contribution in [-0.4, -0.2) is 48.2 Å². The third-order valence-corrected chi connectivity index (χ3v) is 3.79. The van der Waals surface area contributed by atoms with Gasteiger partial charge in [-0.2, -0.15) is 0 Å². The molecule has 0 radical (unpaired) electrons. The minimum absolute atomic E-state index is 0.389. The molecule has 116 valence electrons. The highest BCUT2D eigenvalue weighted by Gasteiger charge is 2.18. The predicted octanol–water partition coefficient (Wildman–Crippen LogP) is 1.90. The van der Waals surface area contributed by atoms with Crippen molar-refractivity contribution in [3.8, 4) is 0 Å². The number of piperidine rings is 1. The van der Waals surface area contributed by atoms with E-state index in [1.165, 1.54) is 13.0 Å². The van der Waals surface area contributed by atoms with Crippen molar-refractivity contribution in [2.24, 2.45) is 0 Å². The molecule has 1 fully saturated rings. The van der Waals surface area contributed by atoms with E-state index >= 15 is 0 Å². The van der Waals surface area contributed by atoms with Crippen LogP contribution in [0.3, 0.4) is 0 Å². The standard InChI is InChI=1S/C16H25N3O2/c1-2-8-19-9-6-13(7-10-19)17-14-4-3-5-15(11-14)18-16(21)12-20/h3-5,11,13,17,20H,2,6-10,12H2,1H3,(H,18,21). The van der Waals surface area contributed by atoms with E-state index in [0.717, 1.165) is 31.6 Å². The minimum Gasteiger partial charge on any atom is -0.387 e. The van der Waals surface area contributed by atoms with E-state index in [-0.39, 0.29) is 5.91 Å². The van der Waals surface area contributed by atoms with Gasteiger partial charge in [0.25, 0.3) is 0 Å². The van der Waals surface area contributed by atoms with Crippen LogP contribution in [0.1, 0.15) is 26.2 Å². The molecular weight excluding hydrogens is 266 g/mol. The van der Waals surface area contributed by atoms with Crippen molar-refractivity contribution in [1.82, 2.24) is 4.90 Å². The van der Waals surface area contributed by atoms with Crippen molar-refractivity contribution in [3.63, 3.8) is 0 Å². The van der Waals surface area contributed by atoms with Gasteiger partial charge in [-0.05, 0) is 44.0 Å². The molecule has 1 aliphatic rings. The lowest BCUT2D eigenvalue weighted by Gasteiger charge is -2.32. The second kappa shape index (κ2) is 8.00. The number of hydrogen-bond donors (Lipinski definition) is 3. The molecule has 5 heteroatoms. The van der Waals surface area contributed by atoms with E-state index in [9.17, 15) is 4.79 Å². The number of carbonyl (C=O) groups is 1. The number of nitrogens with zero attached hydrogens (tertiary/aromatic N) is 1. The monoisotopic (exact) mass is 291 g/mol. The summed E-state index contributed by atoms with van der Waals surface area (Å²) in [6.07, 6.45) is 3.51. The normalized spacial score (nSPS) is 16.7. The van der Waals surface area contributed by atoms with E-state index in [0.29, 0.717) is 11.7 Å². The van der Waals surface area contributed by atoms with Crippen molar-refractivity contribution in [2.75, 3.05) is 36.9 Å². The minimum atomic E-state index is -0.493. The molecule has 2 rings (SSSR count). The van der Waals surface area contributed by atoms with Crippen molar-refractivity contribution >= 4 is 17.3 Å². The molecule has 3 N–H and O–H groups in total. The lowest BCUT2D eigenvalue weighted by molar-refractivity contribution is -0.118.